The Labute approximate surface area is 129 Å². The third-order valence-electron chi connectivity index (χ3n) is 2.06. The zero-order valence-electron chi connectivity index (χ0n) is 10.5. The quantitative estimate of drug-likeness (QED) is 0.726. The molecule has 1 heterocycles. The number of halogens is 1. The molecule has 0 aliphatic rings. The van der Waals surface area contributed by atoms with Gasteiger partial charge in [0.05, 0.1) is 9.54 Å². The fourth-order valence-electron chi connectivity index (χ4n) is 1.46. The monoisotopic (exact) mass is 405 g/mol. The lowest BCUT2D eigenvalue weighted by atomic mass is 10.4. The number of aromatic carboxylic acids is 1. The van der Waals surface area contributed by atoms with Crippen molar-refractivity contribution < 1.29 is 26.7 Å². The highest BCUT2D eigenvalue weighted by molar-refractivity contribution is 9.11. The number of hydrogen-bond donors (Lipinski definition) is 2. The van der Waals surface area contributed by atoms with E-state index in [0.717, 1.165) is 23.7 Å². The Kier molecular flexibility index (Phi) is 5.35. The van der Waals surface area contributed by atoms with Gasteiger partial charge in [-0.1, -0.05) is 0 Å². The molecule has 0 aromatic carbocycles. The van der Waals surface area contributed by atoms with Crippen LogP contribution in [-0.2, 0) is 19.9 Å². The van der Waals surface area contributed by atoms with E-state index in [9.17, 15) is 21.6 Å². The van der Waals surface area contributed by atoms with Crippen LogP contribution in [0.3, 0.4) is 0 Å². The van der Waals surface area contributed by atoms with Gasteiger partial charge in [0, 0.05) is 12.3 Å². The molecule has 0 saturated carbocycles. The van der Waals surface area contributed by atoms with E-state index >= 15 is 0 Å². The number of sulfone groups is 1. The number of sulfonamides is 1. The summed E-state index contributed by atoms with van der Waals surface area (Å²) in [5.74, 6) is -1.58. The number of rotatable bonds is 6. The molecular weight excluding hydrogens is 394 g/mol. The van der Waals surface area contributed by atoms with Crippen molar-refractivity contribution in [3.05, 3.63) is 14.7 Å². The fourth-order valence-corrected chi connectivity index (χ4v) is 6.20. The van der Waals surface area contributed by atoms with Crippen LogP contribution in [-0.4, -0.2) is 46.0 Å². The Balaban J connectivity index is 3.03. The van der Waals surface area contributed by atoms with Gasteiger partial charge in [-0.25, -0.2) is 26.4 Å². The topological polar surface area (TPSA) is 118 Å². The van der Waals surface area contributed by atoms with Crippen LogP contribution in [0.15, 0.2) is 14.7 Å². The molecule has 114 valence electrons. The first-order chi connectivity index (χ1) is 8.92. The minimum atomic E-state index is -3.99. The molecule has 20 heavy (non-hydrogen) atoms. The van der Waals surface area contributed by atoms with Gasteiger partial charge in [-0.05, 0) is 28.9 Å². The van der Waals surface area contributed by atoms with Crippen LogP contribution in [0.2, 0.25) is 0 Å². The lowest BCUT2D eigenvalue weighted by Crippen LogP contribution is -2.37. The van der Waals surface area contributed by atoms with Crippen LogP contribution in [0.25, 0.3) is 0 Å². The van der Waals surface area contributed by atoms with Gasteiger partial charge in [0.25, 0.3) is 0 Å². The highest BCUT2D eigenvalue weighted by atomic mass is 79.9. The Morgan fingerprint density at radius 2 is 2.00 bits per heavy atom. The van der Waals surface area contributed by atoms with Crippen LogP contribution in [0.5, 0.6) is 0 Å². The maximum atomic E-state index is 12.1. The Bertz CT molecular complexity index is 721. The second-order valence-corrected chi connectivity index (χ2v) is 10.4. The summed E-state index contributed by atoms with van der Waals surface area (Å²) in [6.07, 6.45) is 1.00. The minimum absolute atomic E-state index is 0.131. The Hall–Kier alpha value is -0.490. The average molecular weight is 406 g/mol. The molecule has 1 aromatic heterocycles. The van der Waals surface area contributed by atoms with Crippen LogP contribution in [0.1, 0.15) is 16.6 Å². The predicted molar refractivity (Wildman–Crippen MR) is 78.5 cm³/mol. The van der Waals surface area contributed by atoms with Gasteiger partial charge in [-0.2, -0.15) is 0 Å². The summed E-state index contributed by atoms with van der Waals surface area (Å²) < 4.78 is 48.7. The Morgan fingerprint density at radius 1 is 1.45 bits per heavy atom. The highest BCUT2D eigenvalue weighted by Crippen LogP contribution is 2.31. The van der Waals surface area contributed by atoms with Gasteiger partial charge in [0.1, 0.15) is 19.6 Å². The molecule has 1 atom stereocenters. The molecule has 0 fully saturated rings. The van der Waals surface area contributed by atoms with Crippen molar-refractivity contribution in [2.45, 2.75) is 17.9 Å². The van der Waals surface area contributed by atoms with Gasteiger partial charge in [-0.15, -0.1) is 11.3 Å². The van der Waals surface area contributed by atoms with Crippen LogP contribution in [0.4, 0.5) is 0 Å². The van der Waals surface area contributed by atoms with Crippen molar-refractivity contribution in [2.75, 3.05) is 12.0 Å². The third kappa shape index (κ3) is 4.81. The maximum Gasteiger partial charge on any atom is 0.345 e. The van der Waals surface area contributed by atoms with Gasteiger partial charge in [-0.3, -0.25) is 0 Å². The Morgan fingerprint density at radius 3 is 2.40 bits per heavy atom. The molecule has 0 radical (unpaired) electrons. The summed E-state index contributed by atoms with van der Waals surface area (Å²) >= 11 is 3.76. The molecule has 2 N–H and O–H groups in total. The van der Waals surface area contributed by atoms with Gasteiger partial charge in [0.15, 0.2) is 0 Å². The number of hydrogen-bond acceptors (Lipinski definition) is 6. The maximum absolute atomic E-state index is 12.1. The number of nitrogens with one attached hydrogen (secondary N) is 1. The normalized spacial score (nSPS) is 14.2. The van der Waals surface area contributed by atoms with E-state index in [1.807, 2.05) is 0 Å². The molecule has 0 aliphatic carbocycles. The predicted octanol–water partition coefficient (Wildman–Crippen LogP) is 0.920. The van der Waals surface area contributed by atoms with Crippen LogP contribution >= 0.6 is 27.3 Å². The van der Waals surface area contributed by atoms with E-state index < -0.39 is 31.9 Å². The number of thiophene rings is 1. The molecule has 0 amide bonds. The molecule has 1 unspecified atom stereocenters. The fraction of sp³-hybridized carbons (Fsp3) is 0.444. The van der Waals surface area contributed by atoms with Crippen LogP contribution in [0, 0.1) is 0 Å². The first-order valence-corrected chi connectivity index (χ1v) is 10.3. The number of carboxylic acids is 1. The lowest BCUT2D eigenvalue weighted by Gasteiger charge is -2.12. The lowest BCUT2D eigenvalue weighted by molar-refractivity contribution is 0.0702. The number of carboxylic acid groups (broad SMARTS) is 1. The zero-order valence-corrected chi connectivity index (χ0v) is 14.5. The largest absolute Gasteiger partial charge is 0.477 e. The first-order valence-electron chi connectivity index (χ1n) is 5.15. The van der Waals surface area contributed by atoms with Gasteiger partial charge >= 0.3 is 5.97 Å². The molecular formula is C9H12BrNO6S3. The van der Waals surface area contributed by atoms with E-state index in [0.29, 0.717) is 0 Å². The van der Waals surface area contributed by atoms with Crippen molar-refractivity contribution in [3.63, 3.8) is 0 Å². The van der Waals surface area contributed by atoms with E-state index in [1.165, 1.54) is 6.92 Å². The van der Waals surface area contributed by atoms with Crippen molar-refractivity contribution >= 4 is 53.1 Å². The molecule has 1 aromatic rings. The van der Waals surface area contributed by atoms with E-state index in [4.69, 9.17) is 5.11 Å². The highest BCUT2D eigenvalue weighted by Gasteiger charge is 2.25. The first kappa shape index (κ1) is 17.6. The minimum Gasteiger partial charge on any atom is -0.477 e. The third-order valence-corrected chi connectivity index (χ3v) is 7.00. The van der Waals surface area contributed by atoms with Gasteiger partial charge in [0.2, 0.25) is 10.0 Å². The van der Waals surface area contributed by atoms with Crippen molar-refractivity contribution in [1.82, 2.24) is 4.72 Å². The molecule has 0 aliphatic heterocycles. The molecule has 0 saturated heterocycles. The van der Waals surface area contributed by atoms with Crippen molar-refractivity contribution in [3.8, 4) is 0 Å². The van der Waals surface area contributed by atoms with Crippen LogP contribution < -0.4 is 4.72 Å². The number of carbonyl (C=O) groups is 1. The summed E-state index contributed by atoms with van der Waals surface area (Å²) in [6, 6.07) is 0.196. The molecule has 7 nitrogen and oxygen atoms in total. The molecule has 0 bridgehead atoms. The summed E-state index contributed by atoms with van der Waals surface area (Å²) in [6.45, 7) is 1.41. The van der Waals surface area contributed by atoms with E-state index in [-0.39, 0.29) is 19.3 Å². The summed E-state index contributed by atoms with van der Waals surface area (Å²) in [5.41, 5.74) is 0. The smallest absolute Gasteiger partial charge is 0.345 e. The summed E-state index contributed by atoms with van der Waals surface area (Å²) in [7, 11) is -7.32. The summed E-state index contributed by atoms with van der Waals surface area (Å²) in [4.78, 5) is 10.4. The average Bonchev–Trinajstić information content (AvgIpc) is 2.56. The SMILES string of the molecule is CC(CS(C)(=O)=O)NS(=O)(=O)c1cc(C(=O)O)sc1Br. The van der Waals surface area contributed by atoms with Crippen molar-refractivity contribution in [1.29, 1.82) is 0 Å². The zero-order chi connectivity index (χ0) is 15.7. The molecule has 1 rings (SSSR count). The molecule has 0 spiro atoms. The second kappa shape index (κ2) is 6.10. The van der Waals surface area contributed by atoms with Gasteiger partial charge < -0.3 is 5.11 Å². The van der Waals surface area contributed by atoms with Crippen molar-refractivity contribution in [2.24, 2.45) is 0 Å². The molecule has 11 heteroatoms. The standard InChI is InChI=1S/C9H12BrNO6S3/c1-5(4-19(2,14)15)11-20(16,17)7-3-6(9(12)13)18-8(7)10/h3,5,11H,4H2,1-2H3,(H,12,13). The second-order valence-electron chi connectivity index (χ2n) is 4.17. The summed E-state index contributed by atoms with van der Waals surface area (Å²) in [5, 5.41) is 8.82. The van der Waals surface area contributed by atoms with E-state index in [2.05, 4.69) is 20.7 Å². The van der Waals surface area contributed by atoms with E-state index in [1.54, 1.807) is 0 Å².